The van der Waals surface area contributed by atoms with Crippen LogP contribution in [0.1, 0.15) is 0 Å². The van der Waals surface area contributed by atoms with E-state index in [1.807, 2.05) is 0 Å². The zero-order chi connectivity index (χ0) is 15.3. The normalized spacial score (nSPS) is 11.2. The number of hydrogen-bond donors (Lipinski definition) is 1. The highest BCUT2D eigenvalue weighted by Gasteiger charge is 2.27. The van der Waals surface area contributed by atoms with Gasteiger partial charge in [0, 0.05) is 0 Å². The van der Waals surface area contributed by atoms with Crippen molar-refractivity contribution in [3.05, 3.63) is 30.6 Å². The second-order valence-corrected chi connectivity index (χ2v) is 3.93. The van der Waals surface area contributed by atoms with Gasteiger partial charge in [-0.05, 0) is 34.7 Å². The lowest BCUT2D eigenvalue weighted by Gasteiger charge is -2.09. The van der Waals surface area contributed by atoms with Gasteiger partial charge in [0.2, 0.25) is 0 Å². The van der Waals surface area contributed by atoms with Crippen LogP contribution in [0.15, 0.2) is 30.6 Å². The Morgan fingerprint density at radius 3 is 2.57 bits per heavy atom. The van der Waals surface area contributed by atoms with Crippen LogP contribution >= 0.6 is 0 Å². The third kappa shape index (κ3) is 4.75. The van der Waals surface area contributed by atoms with E-state index in [9.17, 15) is 18.0 Å². The Labute approximate surface area is 116 Å². The quantitative estimate of drug-likeness (QED) is 0.880. The molecule has 1 aromatic heterocycles. The van der Waals surface area contributed by atoms with E-state index in [-0.39, 0.29) is 0 Å². The molecule has 0 saturated heterocycles. The lowest BCUT2D eigenvalue weighted by Crippen LogP contribution is -2.36. The molecule has 2 rings (SSSR count). The minimum atomic E-state index is -4.44. The molecule has 7 nitrogen and oxygen atoms in total. The molecule has 10 heteroatoms. The van der Waals surface area contributed by atoms with E-state index in [0.29, 0.717) is 11.4 Å². The number of alkyl halides is 3. The van der Waals surface area contributed by atoms with Crippen LogP contribution in [0, 0.1) is 0 Å². The average molecular weight is 301 g/mol. The van der Waals surface area contributed by atoms with Gasteiger partial charge in [0.1, 0.15) is 18.6 Å². The number of ether oxygens (including phenoxy) is 1. The molecule has 0 saturated carbocycles. The van der Waals surface area contributed by atoms with Gasteiger partial charge < -0.3 is 10.1 Å². The number of carbonyl (C=O) groups is 1. The monoisotopic (exact) mass is 301 g/mol. The molecule has 1 heterocycles. The molecule has 0 fully saturated rings. The highest BCUT2D eigenvalue weighted by molar-refractivity contribution is 5.77. The van der Waals surface area contributed by atoms with E-state index in [1.165, 1.54) is 11.0 Å². The number of halogens is 3. The summed E-state index contributed by atoms with van der Waals surface area (Å²) in [7, 11) is 0. The third-order valence-electron chi connectivity index (χ3n) is 2.31. The van der Waals surface area contributed by atoms with Crippen LogP contribution in [0.3, 0.4) is 0 Å². The van der Waals surface area contributed by atoms with Crippen LogP contribution in [0.2, 0.25) is 0 Å². The van der Waals surface area contributed by atoms with Crippen LogP contribution in [0.25, 0.3) is 5.69 Å². The minimum Gasteiger partial charge on any atom is -0.484 e. The fourth-order valence-corrected chi connectivity index (χ4v) is 1.37. The van der Waals surface area contributed by atoms with Gasteiger partial charge in [-0.25, -0.2) is 4.68 Å². The molecule has 0 atom stereocenters. The average Bonchev–Trinajstić information content (AvgIpc) is 2.97. The van der Waals surface area contributed by atoms with Crippen molar-refractivity contribution in [3.8, 4) is 11.4 Å². The highest BCUT2D eigenvalue weighted by Crippen LogP contribution is 2.14. The van der Waals surface area contributed by atoms with Gasteiger partial charge in [-0.3, -0.25) is 4.79 Å². The first kappa shape index (κ1) is 14.8. The number of rotatable bonds is 5. The largest absolute Gasteiger partial charge is 0.484 e. The molecular formula is C11H10F3N5O2. The van der Waals surface area contributed by atoms with Crippen molar-refractivity contribution in [2.45, 2.75) is 6.18 Å². The topological polar surface area (TPSA) is 81.9 Å². The Balaban J connectivity index is 1.82. The smallest absolute Gasteiger partial charge is 0.405 e. The minimum absolute atomic E-state index is 0.342. The van der Waals surface area contributed by atoms with Crippen molar-refractivity contribution in [2.75, 3.05) is 13.2 Å². The maximum atomic E-state index is 11.9. The zero-order valence-corrected chi connectivity index (χ0v) is 10.5. The molecule has 1 aromatic carbocycles. The van der Waals surface area contributed by atoms with Gasteiger partial charge in [-0.2, -0.15) is 13.2 Å². The Kier molecular flexibility index (Phi) is 4.36. The number of nitrogens with zero attached hydrogens (tertiary/aromatic N) is 4. The van der Waals surface area contributed by atoms with Gasteiger partial charge in [0.05, 0.1) is 5.69 Å². The van der Waals surface area contributed by atoms with E-state index < -0.39 is 25.2 Å². The van der Waals surface area contributed by atoms with Crippen molar-refractivity contribution in [3.63, 3.8) is 0 Å². The Hall–Kier alpha value is -2.65. The van der Waals surface area contributed by atoms with Crippen molar-refractivity contribution < 1.29 is 22.7 Å². The van der Waals surface area contributed by atoms with Gasteiger partial charge in [0.15, 0.2) is 6.61 Å². The van der Waals surface area contributed by atoms with Gasteiger partial charge in [-0.1, -0.05) is 0 Å². The zero-order valence-electron chi connectivity index (χ0n) is 10.5. The number of nitrogens with one attached hydrogen (secondary N) is 1. The summed E-state index contributed by atoms with van der Waals surface area (Å²) in [6.07, 6.45) is -3.04. The number of carbonyl (C=O) groups excluding carboxylic acids is 1. The molecule has 0 radical (unpaired) electrons. The Morgan fingerprint density at radius 2 is 2.00 bits per heavy atom. The molecule has 21 heavy (non-hydrogen) atoms. The van der Waals surface area contributed by atoms with Crippen molar-refractivity contribution in [1.29, 1.82) is 0 Å². The fourth-order valence-electron chi connectivity index (χ4n) is 1.37. The highest BCUT2D eigenvalue weighted by atomic mass is 19.4. The lowest BCUT2D eigenvalue weighted by molar-refractivity contribution is -0.139. The second-order valence-electron chi connectivity index (χ2n) is 3.93. The first-order valence-electron chi connectivity index (χ1n) is 5.74. The van der Waals surface area contributed by atoms with E-state index in [4.69, 9.17) is 4.74 Å². The number of tetrazole rings is 1. The van der Waals surface area contributed by atoms with Gasteiger partial charge >= 0.3 is 6.18 Å². The van der Waals surface area contributed by atoms with Gasteiger partial charge in [-0.15, -0.1) is 5.10 Å². The molecule has 0 aliphatic carbocycles. The number of hydrogen-bond acceptors (Lipinski definition) is 5. The Morgan fingerprint density at radius 1 is 1.29 bits per heavy atom. The maximum Gasteiger partial charge on any atom is 0.405 e. The first-order valence-corrected chi connectivity index (χ1v) is 5.74. The molecular weight excluding hydrogens is 291 g/mol. The molecule has 0 spiro atoms. The summed E-state index contributed by atoms with van der Waals surface area (Å²) in [4.78, 5) is 11.1. The molecule has 0 unspecified atom stereocenters. The predicted octanol–water partition coefficient (Wildman–Crippen LogP) is 0.720. The van der Waals surface area contributed by atoms with E-state index in [2.05, 4.69) is 15.5 Å². The SMILES string of the molecule is O=C(COc1ccc(-n2cnnn2)cc1)NCC(F)(F)F. The predicted molar refractivity (Wildman–Crippen MR) is 63.7 cm³/mol. The maximum absolute atomic E-state index is 11.9. The number of benzene rings is 1. The summed E-state index contributed by atoms with van der Waals surface area (Å²) in [5, 5.41) is 12.3. The molecule has 0 aliphatic heterocycles. The molecule has 0 aliphatic rings. The van der Waals surface area contributed by atoms with E-state index in [0.717, 1.165) is 0 Å². The van der Waals surface area contributed by atoms with Crippen molar-refractivity contribution in [2.24, 2.45) is 0 Å². The second kappa shape index (κ2) is 6.20. The lowest BCUT2D eigenvalue weighted by atomic mass is 10.3. The van der Waals surface area contributed by atoms with Gasteiger partial charge in [0.25, 0.3) is 5.91 Å². The Bertz CT molecular complexity index is 583. The molecule has 1 N–H and O–H groups in total. The first-order chi connectivity index (χ1) is 9.94. The fraction of sp³-hybridized carbons (Fsp3) is 0.273. The summed E-state index contributed by atoms with van der Waals surface area (Å²) < 4.78 is 42.1. The third-order valence-corrected chi connectivity index (χ3v) is 2.31. The van der Waals surface area contributed by atoms with Crippen LogP contribution < -0.4 is 10.1 Å². The van der Waals surface area contributed by atoms with Crippen LogP contribution in [0.4, 0.5) is 13.2 Å². The molecule has 1 amide bonds. The molecule has 112 valence electrons. The summed E-state index contributed by atoms with van der Waals surface area (Å²) in [6.45, 7) is -1.88. The van der Waals surface area contributed by atoms with Crippen LogP contribution in [0.5, 0.6) is 5.75 Å². The summed E-state index contributed by atoms with van der Waals surface area (Å²) in [6, 6.07) is 6.38. The van der Waals surface area contributed by atoms with Crippen molar-refractivity contribution in [1.82, 2.24) is 25.5 Å². The molecule has 0 bridgehead atoms. The van der Waals surface area contributed by atoms with Crippen LogP contribution in [-0.4, -0.2) is 45.4 Å². The molecule has 2 aromatic rings. The summed E-state index contributed by atoms with van der Waals surface area (Å²) in [5.41, 5.74) is 0.675. The van der Waals surface area contributed by atoms with Crippen LogP contribution in [-0.2, 0) is 4.79 Å². The van der Waals surface area contributed by atoms with E-state index in [1.54, 1.807) is 29.6 Å². The number of aromatic nitrogens is 4. The standard InChI is InChI=1S/C11H10F3N5O2/c12-11(13,14)6-15-10(20)5-21-9-3-1-8(2-4-9)19-7-16-17-18-19/h1-4,7H,5-6H2,(H,15,20). The van der Waals surface area contributed by atoms with E-state index >= 15 is 0 Å². The van der Waals surface area contributed by atoms with Crippen molar-refractivity contribution >= 4 is 5.91 Å². The summed E-state index contributed by atoms with van der Waals surface area (Å²) >= 11 is 0. The number of amides is 1. The summed E-state index contributed by atoms with van der Waals surface area (Å²) in [5.74, 6) is -0.508.